The van der Waals surface area contributed by atoms with Crippen molar-refractivity contribution >= 4 is 16.9 Å². The summed E-state index contributed by atoms with van der Waals surface area (Å²) in [5.41, 5.74) is 1.69. The van der Waals surface area contributed by atoms with Gasteiger partial charge in [-0.1, -0.05) is 32.0 Å². The van der Waals surface area contributed by atoms with Crippen molar-refractivity contribution in [3.63, 3.8) is 0 Å². The number of hydrogen-bond acceptors (Lipinski definition) is 5. The molecule has 0 aliphatic rings. The summed E-state index contributed by atoms with van der Waals surface area (Å²) < 4.78 is 12.9. The summed E-state index contributed by atoms with van der Waals surface area (Å²) in [6.07, 6.45) is 1.28. The van der Waals surface area contributed by atoms with Crippen molar-refractivity contribution in [1.29, 1.82) is 0 Å². The zero-order chi connectivity index (χ0) is 17.1. The number of rotatable bonds is 6. The molecule has 0 saturated heterocycles. The van der Waals surface area contributed by atoms with Gasteiger partial charge in [-0.2, -0.15) is 0 Å². The molecule has 0 aliphatic carbocycles. The van der Waals surface area contributed by atoms with Gasteiger partial charge in [0.2, 0.25) is 5.89 Å². The Kier molecular flexibility index (Phi) is 4.64. The topological polar surface area (TPSA) is 70.2 Å². The van der Waals surface area contributed by atoms with Crippen LogP contribution in [0.4, 0.5) is 0 Å². The maximum Gasteiger partial charge on any atom is 0.329 e. The Morgan fingerprint density at radius 2 is 2.04 bits per heavy atom. The Hall–Kier alpha value is -2.63. The molecule has 0 spiro atoms. The van der Waals surface area contributed by atoms with Gasteiger partial charge in [0.25, 0.3) is 5.89 Å². The average Bonchev–Trinajstić information content (AvgIpc) is 3.20. The molecule has 0 radical (unpaired) electrons. The number of carbonyl (C=O) groups excluding carboxylic acids is 1. The van der Waals surface area contributed by atoms with E-state index in [4.69, 9.17) is 9.15 Å². The minimum Gasteiger partial charge on any atom is -0.464 e. The highest BCUT2D eigenvalue weighted by Gasteiger charge is 2.26. The number of carbonyl (C=O) groups is 1. The normalized spacial score (nSPS) is 12.5. The molecular formula is C18H21N3O3. The Balaban J connectivity index is 2.19. The average molecular weight is 327 g/mol. The van der Waals surface area contributed by atoms with Crippen LogP contribution in [0.2, 0.25) is 0 Å². The third-order valence-electron chi connectivity index (χ3n) is 3.99. The van der Waals surface area contributed by atoms with Crippen LogP contribution in [-0.4, -0.2) is 27.3 Å². The first-order valence-corrected chi connectivity index (χ1v) is 8.28. The standard InChI is InChI=1S/C18H21N3O3/c1-4-13(18(22)23-6-3)21-14-10-8-7-9-12(14)11-15(21)17-20-19-16(5-2)24-17/h7-11,13H,4-6H2,1-3H3. The van der Waals surface area contributed by atoms with E-state index in [1.807, 2.05) is 55.7 Å². The van der Waals surface area contributed by atoms with Gasteiger partial charge in [0.1, 0.15) is 11.7 Å². The molecule has 1 atom stereocenters. The zero-order valence-corrected chi connectivity index (χ0v) is 14.2. The van der Waals surface area contributed by atoms with Crippen LogP contribution in [0.1, 0.15) is 39.1 Å². The van der Waals surface area contributed by atoms with Crippen molar-refractivity contribution < 1.29 is 13.9 Å². The number of aryl methyl sites for hydroxylation is 1. The maximum absolute atomic E-state index is 12.5. The first-order valence-electron chi connectivity index (χ1n) is 8.28. The molecule has 2 aromatic heterocycles. The molecule has 0 N–H and O–H groups in total. The van der Waals surface area contributed by atoms with Gasteiger partial charge in [-0.25, -0.2) is 4.79 Å². The Bertz CT molecular complexity index is 850. The summed E-state index contributed by atoms with van der Waals surface area (Å²) in [5, 5.41) is 9.21. The lowest BCUT2D eigenvalue weighted by Crippen LogP contribution is -2.22. The van der Waals surface area contributed by atoms with Gasteiger partial charge in [0.05, 0.1) is 6.61 Å². The van der Waals surface area contributed by atoms with Crippen LogP contribution < -0.4 is 0 Å². The van der Waals surface area contributed by atoms with Crippen molar-refractivity contribution in [3.05, 3.63) is 36.2 Å². The van der Waals surface area contributed by atoms with Crippen LogP contribution in [0.3, 0.4) is 0 Å². The quantitative estimate of drug-likeness (QED) is 0.645. The molecule has 1 aromatic carbocycles. The van der Waals surface area contributed by atoms with E-state index in [1.165, 1.54) is 0 Å². The number of fused-ring (bicyclic) bond motifs is 1. The maximum atomic E-state index is 12.5. The summed E-state index contributed by atoms with van der Waals surface area (Å²) in [7, 11) is 0. The molecule has 0 fully saturated rings. The van der Waals surface area contributed by atoms with Crippen LogP contribution in [0, 0.1) is 0 Å². The highest BCUT2D eigenvalue weighted by atomic mass is 16.5. The van der Waals surface area contributed by atoms with Crippen LogP contribution in [0.15, 0.2) is 34.7 Å². The third kappa shape index (κ3) is 2.79. The molecule has 126 valence electrons. The molecule has 24 heavy (non-hydrogen) atoms. The number of para-hydroxylation sites is 1. The van der Waals surface area contributed by atoms with E-state index in [0.29, 0.717) is 31.2 Å². The molecule has 0 aliphatic heterocycles. The van der Waals surface area contributed by atoms with Crippen molar-refractivity contribution in [1.82, 2.24) is 14.8 Å². The van der Waals surface area contributed by atoms with Crippen LogP contribution >= 0.6 is 0 Å². The van der Waals surface area contributed by atoms with E-state index in [-0.39, 0.29) is 5.97 Å². The summed E-state index contributed by atoms with van der Waals surface area (Å²) in [6, 6.07) is 9.45. The van der Waals surface area contributed by atoms with E-state index in [0.717, 1.165) is 16.6 Å². The van der Waals surface area contributed by atoms with E-state index in [2.05, 4.69) is 10.2 Å². The Morgan fingerprint density at radius 1 is 1.25 bits per heavy atom. The van der Waals surface area contributed by atoms with Crippen LogP contribution in [0.5, 0.6) is 0 Å². The van der Waals surface area contributed by atoms with E-state index < -0.39 is 6.04 Å². The predicted octanol–water partition coefficient (Wildman–Crippen LogP) is 3.77. The van der Waals surface area contributed by atoms with Crippen LogP contribution in [0.25, 0.3) is 22.5 Å². The van der Waals surface area contributed by atoms with Gasteiger partial charge in [-0.3, -0.25) is 0 Å². The third-order valence-corrected chi connectivity index (χ3v) is 3.99. The van der Waals surface area contributed by atoms with E-state index in [1.54, 1.807) is 0 Å². The minimum atomic E-state index is -0.433. The highest BCUT2D eigenvalue weighted by Crippen LogP contribution is 2.32. The largest absolute Gasteiger partial charge is 0.464 e. The lowest BCUT2D eigenvalue weighted by atomic mass is 10.2. The number of aromatic nitrogens is 3. The van der Waals surface area contributed by atoms with Crippen molar-refractivity contribution in [2.75, 3.05) is 6.61 Å². The second kappa shape index (κ2) is 6.86. The second-order valence-electron chi connectivity index (χ2n) is 5.49. The summed E-state index contributed by atoms with van der Waals surface area (Å²) in [6.45, 7) is 6.08. The zero-order valence-electron chi connectivity index (χ0n) is 14.2. The lowest BCUT2D eigenvalue weighted by Gasteiger charge is -2.18. The molecular weight excluding hydrogens is 306 g/mol. The predicted molar refractivity (Wildman–Crippen MR) is 90.6 cm³/mol. The van der Waals surface area contributed by atoms with Gasteiger partial charge >= 0.3 is 5.97 Å². The molecule has 0 saturated carbocycles. The molecule has 3 aromatic rings. The monoisotopic (exact) mass is 327 g/mol. The first-order chi connectivity index (χ1) is 11.7. The fourth-order valence-corrected chi connectivity index (χ4v) is 2.87. The molecule has 2 heterocycles. The molecule has 0 bridgehead atoms. The minimum absolute atomic E-state index is 0.252. The van der Waals surface area contributed by atoms with Crippen molar-refractivity contribution in [2.24, 2.45) is 0 Å². The van der Waals surface area contributed by atoms with E-state index in [9.17, 15) is 4.79 Å². The fraction of sp³-hybridized carbons (Fsp3) is 0.389. The fourth-order valence-electron chi connectivity index (χ4n) is 2.87. The molecule has 0 amide bonds. The molecule has 6 nitrogen and oxygen atoms in total. The SMILES string of the molecule is CCOC(=O)C(CC)n1c(-c2nnc(CC)o2)cc2ccccc21. The van der Waals surface area contributed by atoms with Gasteiger partial charge in [-0.05, 0) is 25.5 Å². The molecule has 3 rings (SSSR count). The van der Waals surface area contributed by atoms with Gasteiger partial charge < -0.3 is 13.7 Å². The van der Waals surface area contributed by atoms with Crippen molar-refractivity contribution in [2.45, 2.75) is 39.7 Å². The number of esters is 1. The summed E-state index contributed by atoms with van der Waals surface area (Å²) in [5.74, 6) is 0.745. The van der Waals surface area contributed by atoms with E-state index >= 15 is 0 Å². The Morgan fingerprint density at radius 3 is 2.71 bits per heavy atom. The van der Waals surface area contributed by atoms with Crippen LogP contribution in [-0.2, 0) is 16.0 Å². The highest BCUT2D eigenvalue weighted by molar-refractivity contribution is 5.88. The number of benzene rings is 1. The van der Waals surface area contributed by atoms with Crippen molar-refractivity contribution in [3.8, 4) is 11.6 Å². The number of ether oxygens (including phenoxy) is 1. The van der Waals surface area contributed by atoms with Gasteiger partial charge in [-0.15, -0.1) is 10.2 Å². The summed E-state index contributed by atoms with van der Waals surface area (Å²) in [4.78, 5) is 12.5. The van der Waals surface area contributed by atoms with Gasteiger partial charge in [0, 0.05) is 17.3 Å². The lowest BCUT2D eigenvalue weighted by molar-refractivity contribution is -0.147. The number of nitrogens with zero attached hydrogens (tertiary/aromatic N) is 3. The summed E-state index contributed by atoms with van der Waals surface area (Å²) >= 11 is 0. The van der Waals surface area contributed by atoms with Gasteiger partial charge in [0.15, 0.2) is 0 Å². The first kappa shape index (κ1) is 16.2. The second-order valence-corrected chi connectivity index (χ2v) is 5.49. The number of hydrogen-bond donors (Lipinski definition) is 0. The smallest absolute Gasteiger partial charge is 0.329 e. The molecule has 1 unspecified atom stereocenters. The Labute approximate surface area is 140 Å². The molecule has 6 heteroatoms.